The van der Waals surface area contributed by atoms with E-state index in [1.165, 1.54) is 23.1 Å². The van der Waals surface area contributed by atoms with Crippen LogP contribution in [0.3, 0.4) is 0 Å². The minimum absolute atomic E-state index is 0.131. The van der Waals surface area contributed by atoms with Gasteiger partial charge in [-0.1, -0.05) is 42.8 Å². The maximum Gasteiger partial charge on any atom is 0.255 e. The molecule has 6 nitrogen and oxygen atoms in total. The number of thioether (sulfide) groups is 1. The molecule has 1 aromatic heterocycles. The number of amides is 2. The predicted molar refractivity (Wildman–Crippen MR) is 150 cm³/mol. The van der Waals surface area contributed by atoms with Crippen LogP contribution in [0.1, 0.15) is 35.7 Å². The molecule has 4 aromatic rings. The fourth-order valence-electron chi connectivity index (χ4n) is 3.28. The van der Waals surface area contributed by atoms with Crippen LogP contribution in [0.15, 0.2) is 65.0 Å². The van der Waals surface area contributed by atoms with Gasteiger partial charge in [-0.3, -0.25) is 9.59 Å². The van der Waals surface area contributed by atoms with Crippen molar-refractivity contribution in [3.8, 4) is 5.75 Å². The van der Waals surface area contributed by atoms with Gasteiger partial charge < -0.3 is 15.4 Å². The number of benzene rings is 3. The lowest BCUT2D eigenvalue weighted by Crippen LogP contribution is -2.13. The standard InChI is InChI=1S/C27H26ClN3O3S2/c1-3-4-13-34-21-10-6-18(7-11-21)26(33)30-20-9-12-23-24(15-20)36-27(31-23)35-16-25(32)29-19-8-5-17(2)22(28)14-19/h5-12,14-15H,3-4,13,16H2,1-2H3,(H,29,32)(H,30,33). The fraction of sp³-hybridized carbons (Fsp3) is 0.222. The Kier molecular flexibility index (Phi) is 8.85. The average Bonchev–Trinajstić information content (AvgIpc) is 3.28. The molecule has 4 rings (SSSR count). The number of aromatic nitrogens is 1. The highest BCUT2D eigenvalue weighted by Gasteiger charge is 2.11. The summed E-state index contributed by atoms with van der Waals surface area (Å²) in [6.45, 7) is 4.70. The summed E-state index contributed by atoms with van der Waals surface area (Å²) in [5.41, 5.74) is 3.68. The van der Waals surface area contributed by atoms with E-state index in [0.29, 0.717) is 28.6 Å². The van der Waals surface area contributed by atoms with E-state index in [1.54, 1.807) is 18.2 Å². The van der Waals surface area contributed by atoms with E-state index in [9.17, 15) is 9.59 Å². The number of unbranched alkanes of at least 4 members (excludes halogenated alkanes) is 1. The number of aryl methyl sites for hydroxylation is 1. The second-order valence-electron chi connectivity index (χ2n) is 8.14. The molecule has 36 heavy (non-hydrogen) atoms. The van der Waals surface area contributed by atoms with Crippen LogP contribution in [0.4, 0.5) is 11.4 Å². The molecule has 0 unspecified atom stereocenters. The zero-order valence-corrected chi connectivity index (χ0v) is 22.4. The highest BCUT2D eigenvalue weighted by atomic mass is 35.5. The molecule has 0 spiro atoms. The number of nitrogens with one attached hydrogen (secondary N) is 2. The Labute approximate surface area is 223 Å². The van der Waals surface area contributed by atoms with Crippen molar-refractivity contribution in [2.75, 3.05) is 23.0 Å². The molecule has 0 fully saturated rings. The van der Waals surface area contributed by atoms with E-state index in [0.717, 1.165) is 38.7 Å². The number of fused-ring (bicyclic) bond motifs is 1. The number of rotatable bonds is 10. The van der Waals surface area contributed by atoms with Crippen LogP contribution in [-0.2, 0) is 4.79 Å². The Hall–Kier alpha value is -3.07. The summed E-state index contributed by atoms with van der Waals surface area (Å²) in [5.74, 6) is 0.662. The molecule has 0 aliphatic heterocycles. The molecule has 2 amide bonds. The Bertz CT molecular complexity index is 1370. The van der Waals surface area contributed by atoms with Gasteiger partial charge in [-0.05, 0) is 73.5 Å². The van der Waals surface area contributed by atoms with Gasteiger partial charge in [-0.2, -0.15) is 0 Å². The SMILES string of the molecule is CCCCOc1ccc(C(=O)Nc2ccc3nc(SCC(=O)Nc4ccc(C)c(Cl)c4)sc3c2)cc1. The van der Waals surface area contributed by atoms with Gasteiger partial charge in [0, 0.05) is 22.0 Å². The van der Waals surface area contributed by atoms with Crippen molar-refractivity contribution in [1.82, 2.24) is 4.98 Å². The monoisotopic (exact) mass is 539 g/mol. The maximum absolute atomic E-state index is 12.7. The first-order valence-electron chi connectivity index (χ1n) is 11.5. The summed E-state index contributed by atoms with van der Waals surface area (Å²) in [6.07, 6.45) is 2.07. The van der Waals surface area contributed by atoms with Crippen LogP contribution in [0, 0.1) is 6.92 Å². The first-order valence-corrected chi connectivity index (χ1v) is 13.7. The van der Waals surface area contributed by atoms with Crippen LogP contribution in [0.5, 0.6) is 5.75 Å². The number of halogens is 1. The number of thiazole rings is 1. The molecule has 0 radical (unpaired) electrons. The molecule has 9 heteroatoms. The summed E-state index contributed by atoms with van der Waals surface area (Å²) in [6, 6.07) is 18.1. The molecule has 0 aliphatic carbocycles. The van der Waals surface area contributed by atoms with E-state index in [2.05, 4.69) is 22.5 Å². The fourth-order valence-corrected chi connectivity index (χ4v) is 5.37. The molecule has 1 heterocycles. The summed E-state index contributed by atoms with van der Waals surface area (Å²) >= 11 is 8.98. The second-order valence-corrected chi connectivity index (χ2v) is 10.8. The van der Waals surface area contributed by atoms with Gasteiger partial charge in [0.15, 0.2) is 4.34 Å². The zero-order chi connectivity index (χ0) is 25.5. The second kappa shape index (κ2) is 12.3. The molecule has 3 aromatic carbocycles. The lowest BCUT2D eigenvalue weighted by Gasteiger charge is -2.07. The van der Waals surface area contributed by atoms with Gasteiger partial charge in [-0.25, -0.2) is 4.98 Å². The van der Waals surface area contributed by atoms with Gasteiger partial charge in [0.25, 0.3) is 5.91 Å². The molecule has 0 saturated heterocycles. The highest BCUT2D eigenvalue weighted by Crippen LogP contribution is 2.31. The van der Waals surface area contributed by atoms with E-state index >= 15 is 0 Å². The molecule has 0 atom stereocenters. The topological polar surface area (TPSA) is 80.3 Å². The number of carbonyl (C=O) groups excluding carboxylic acids is 2. The van der Waals surface area contributed by atoms with Crippen LogP contribution < -0.4 is 15.4 Å². The summed E-state index contributed by atoms with van der Waals surface area (Å²) < 4.78 is 7.37. The van der Waals surface area contributed by atoms with E-state index in [4.69, 9.17) is 16.3 Å². The van der Waals surface area contributed by atoms with Crippen molar-refractivity contribution in [3.63, 3.8) is 0 Å². The van der Waals surface area contributed by atoms with Crippen molar-refractivity contribution < 1.29 is 14.3 Å². The van der Waals surface area contributed by atoms with Crippen LogP contribution in [0.25, 0.3) is 10.2 Å². The van der Waals surface area contributed by atoms with E-state index < -0.39 is 0 Å². The highest BCUT2D eigenvalue weighted by molar-refractivity contribution is 8.01. The van der Waals surface area contributed by atoms with Gasteiger partial charge in [0.2, 0.25) is 5.91 Å². The Morgan fingerprint density at radius 2 is 1.78 bits per heavy atom. The summed E-state index contributed by atoms with van der Waals surface area (Å²) in [7, 11) is 0. The van der Waals surface area contributed by atoms with Crippen LogP contribution in [0.2, 0.25) is 5.02 Å². The Morgan fingerprint density at radius 3 is 2.53 bits per heavy atom. The first kappa shape index (κ1) is 26.0. The van der Waals surface area contributed by atoms with E-state index in [-0.39, 0.29) is 17.6 Å². The van der Waals surface area contributed by atoms with Gasteiger partial charge in [0.05, 0.1) is 22.6 Å². The van der Waals surface area contributed by atoms with E-state index in [1.807, 2.05) is 49.4 Å². The van der Waals surface area contributed by atoms with Crippen LogP contribution >= 0.6 is 34.7 Å². The van der Waals surface area contributed by atoms with Gasteiger partial charge in [-0.15, -0.1) is 11.3 Å². The van der Waals surface area contributed by atoms with Gasteiger partial charge >= 0.3 is 0 Å². The third kappa shape index (κ3) is 7.00. The molecule has 0 saturated carbocycles. The predicted octanol–water partition coefficient (Wildman–Crippen LogP) is 7.42. The molecule has 2 N–H and O–H groups in total. The molecular formula is C27H26ClN3O3S2. The lowest BCUT2D eigenvalue weighted by molar-refractivity contribution is -0.113. The third-order valence-corrected chi connectivity index (χ3v) is 7.86. The largest absolute Gasteiger partial charge is 0.494 e. The average molecular weight is 540 g/mol. The minimum Gasteiger partial charge on any atom is -0.494 e. The minimum atomic E-state index is -0.193. The van der Waals surface area contributed by atoms with Gasteiger partial charge in [0.1, 0.15) is 5.75 Å². The number of carbonyl (C=O) groups is 2. The number of ether oxygens (including phenoxy) is 1. The Morgan fingerprint density at radius 1 is 1.03 bits per heavy atom. The van der Waals surface area contributed by atoms with Crippen LogP contribution in [-0.4, -0.2) is 29.2 Å². The number of anilines is 2. The van der Waals surface area contributed by atoms with Crippen molar-refractivity contribution in [2.45, 2.75) is 31.0 Å². The first-order chi connectivity index (χ1) is 17.4. The van der Waals surface area contributed by atoms with Crippen molar-refractivity contribution in [2.24, 2.45) is 0 Å². The summed E-state index contributed by atoms with van der Waals surface area (Å²) in [4.78, 5) is 29.6. The molecular weight excluding hydrogens is 514 g/mol. The molecule has 0 bridgehead atoms. The molecule has 0 aliphatic rings. The smallest absolute Gasteiger partial charge is 0.255 e. The number of hydrogen-bond donors (Lipinski definition) is 2. The third-order valence-electron chi connectivity index (χ3n) is 5.29. The zero-order valence-electron chi connectivity index (χ0n) is 20.0. The lowest BCUT2D eigenvalue weighted by atomic mass is 10.2. The van der Waals surface area contributed by atoms with Crippen molar-refractivity contribution in [3.05, 3.63) is 76.8 Å². The van der Waals surface area contributed by atoms with Crippen molar-refractivity contribution >= 4 is 68.1 Å². The normalized spacial score (nSPS) is 10.9. The quantitative estimate of drug-likeness (QED) is 0.162. The van der Waals surface area contributed by atoms with Crippen molar-refractivity contribution in [1.29, 1.82) is 0 Å². The molecule has 186 valence electrons. The number of nitrogens with zero attached hydrogens (tertiary/aromatic N) is 1. The number of hydrogen-bond acceptors (Lipinski definition) is 6. The Balaban J connectivity index is 1.33. The maximum atomic E-state index is 12.7. The summed E-state index contributed by atoms with van der Waals surface area (Å²) in [5, 5.41) is 6.40.